The van der Waals surface area contributed by atoms with E-state index in [9.17, 15) is 34.8 Å². The van der Waals surface area contributed by atoms with Gasteiger partial charge in [0.05, 0.1) is 42.5 Å². The third-order valence-corrected chi connectivity index (χ3v) is 10.4. The summed E-state index contributed by atoms with van der Waals surface area (Å²) < 4.78 is 42.2. The minimum atomic E-state index is -1.48. The van der Waals surface area contributed by atoms with Gasteiger partial charge in [0.2, 0.25) is 0 Å². The van der Waals surface area contributed by atoms with Crippen LogP contribution in [0.1, 0.15) is 80.1 Å². The van der Waals surface area contributed by atoms with Crippen molar-refractivity contribution in [2.24, 2.45) is 11.8 Å². The molecule has 0 aromatic heterocycles. The van der Waals surface area contributed by atoms with Crippen LogP contribution < -0.4 is 0 Å². The number of esters is 2. The number of aliphatic hydroxyl groups excluding tert-OH is 3. The topological polar surface area (TPSA) is 200 Å². The maximum absolute atomic E-state index is 12.9. The molecule has 16 atom stereocenters. The number of ether oxygens (including phenoxy) is 7. The fourth-order valence-electron chi connectivity index (χ4n) is 7.42. The molecule has 304 valence electrons. The van der Waals surface area contributed by atoms with Gasteiger partial charge in [-0.3, -0.25) is 9.59 Å². The maximum Gasteiger partial charge on any atom is 0.308 e. The Morgan fingerprint density at radius 2 is 1.74 bits per heavy atom. The summed E-state index contributed by atoms with van der Waals surface area (Å²) in [5.74, 6) is -2.09. The van der Waals surface area contributed by atoms with E-state index in [-0.39, 0.29) is 31.6 Å². The smallest absolute Gasteiger partial charge is 0.308 e. The number of methoxy groups -OCH3 is 1. The summed E-state index contributed by atoms with van der Waals surface area (Å²) in [5.41, 5.74) is -1.48. The number of carbonyl (C=O) groups is 3. The quantitative estimate of drug-likeness (QED) is 0.186. The summed E-state index contributed by atoms with van der Waals surface area (Å²) in [6.45, 7) is 10.2. The Morgan fingerprint density at radius 1 is 1.04 bits per heavy atom. The molecular weight excluding hydrogens is 694 g/mol. The summed E-state index contributed by atoms with van der Waals surface area (Å²) >= 11 is 0. The molecule has 0 saturated carbocycles. The number of rotatable bonds is 10. The summed E-state index contributed by atoms with van der Waals surface area (Å²) in [6, 6.07) is -0.743. The van der Waals surface area contributed by atoms with Crippen LogP contribution in [0, 0.1) is 11.8 Å². The highest BCUT2D eigenvalue weighted by Crippen LogP contribution is 2.37. The molecule has 15 nitrogen and oxygen atoms in total. The Labute approximate surface area is 313 Å². The third kappa shape index (κ3) is 12.3. The van der Waals surface area contributed by atoms with E-state index in [2.05, 4.69) is 0 Å². The Morgan fingerprint density at radius 3 is 2.34 bits per heavy atom. The zero-order chi connectivity index (χ0) is 39.6. The monoisotopic (exact) mass is 757 g/mol. The van der Waals surface area contributed by atoms with Crippen molar-refractivity contribution in [1.82, 2.24) is 4.90 Å². The lowest BCUT2D eigenvalue weighted by atomic mass is 9.82. The van der Waals surface area contributed by atoms with Crippen molar-refractivity contribution in [3.8, 4) is 0 Å². The van der Waals surface area contributed by atoms with Gasteiger partial charge in [-0.25, -0.2) is 0 Å². The molecule has 0 aromatic carbocycles. The second-order valence-electron chi connectivity index (χ2n) is 15.1. The van der Waals surface area contributed by atoms with Crippen LogP contribution in [0.25, 0.3) is 0 Å². The van der Waals surface area contributed by atoms with E-state index in [0.717, 1.165) is 6.29 Å². The largest absolute Gasteiger partial charge is 0.462 e. The molecule has 0 bridgehead atoms. The molecule has 3 aliphatic rings. The van der Waals surface area contributed by atoms with Crippen LogP contribution in [0.15, 0.2) is 24.3 Å². The Bertz CT molecular complexity index is 1230. The molecule has 3 rings (SSSR count). The van der Waals surface area contributed by atoms with Gasteiger partial charge in [0.15, 0.2) is 12.6 Å². The first-order chi connectivity index (χ1) is 24.9. The number of hydrogen-bond donors (Lipinski definition) is 4. The van der Waals surface area contributed by atoms with E-state index in [1.165, 1.54) is 14.0 Å². The van der Waals surface area contributed by atoms with Crippen molar-refractivity contribution in [3.63, 3.8) is 0 Å². The van der Waals surface area contributed by atoms with Gasteiger partial charge < -0.3 is 63.3 Å². The first-order valence-corrected chi connectivity index (χ1v) is 18.7. The average Bonchev–Trinajstić information content (AvgIpc) is 3.07. The fraction of sp³-hybridized carbons (Fsp3) is 0.816. The van der Waals surface area contributed by atoms with Crippen LogP contribution in [0.2, 0.25) is 0 Å². The highest BCUT2D eigenvalue weighted by atomic mass is 16.7. The van der Waals surface area contributed by atoms with Gasteiger partial charge in [0.25, 0.3) is 0 Å². The second-order valence-corrected chi connectivity index (χ2v) is 15.1. The SMILES string of the molecule is CCC(=O)O[C@H]1/C=C/C=C/C[C@@H](C)OC(=O)C[C@@H](O)[C@H](OC)[C@@H](O[C@@H]2O[C@H](C)[C@@H](O[C@H]3C[C@@](C)(O)[C@@H](O)[C@H](C)O3)[C@H](N(C)C)[C@H]2O)[C@@H](CC=O)C[C@H]1C. The van der Waals surface area contributed by atoms with Crippen LogP contribution in [-0.2, 0) is 47.5 Å². The summed E-state index contributed by atoms with van der Waals surface area (Å²) in [7, 11) is 4.85. The first-order valence-electron chi connectivity index (χ1n) is 18.7. The molecular formula is C38H63NO14. The van der Waals surface area contributed by atoms with Crippen LogP contribution in [-0.4, -0.2) is 150 Å². The van der Waals surface area contributed by atoms with E-state index < -0.39 is 110 Å². The van der Waals surface area contributed by atoms with Crippen molar-refractivity contribution < 1.29 is 68.0 Å². The number of likely N-dealkylation sites (N-methyl/N-ethyl adjacent to an activating group) is 1. The lowest BCUT2D eigenvalue weighted by Crippen LogP contribution is -2.65. The van der Waals surface area contributed by atoms with Crippen molar-refractivity contribution in [3.05, 3.63) is 24.3 Å². The van der Waals surface area contributed by atoms with Gasteiger partial charge in [-0.2, -0.15) is 0 Å². The molecule has 2 saturated heterocycles. The molecule has 3 heterocycles. The molecule has 4 N–H and O–H groups in total. The highest BCUT2D eigenvalue weighted by Gasteiger charge is 2.51. The molecule has 0 radical (unpaired) electrons. The molecule has 0 amide bonds. The molecule has 0 spiro atoms. The summed E-state index contributed by atoms with van der Waals surface area (Å²) in [4.78, 5) is 39.4. The number of carbonyl (C=O) groups excluding carboxylic acids is 3. The van der Waals surface area contributed by atoms with Gasteiger partial charge in [-0.15, -0.1) is 0 Å². The van der Waals surface area contributed by atoms with Gasteiger partial charge >= 0.3 is 11.9 Å². The predicted molar refractivity (Wildman–Crippen MR) is 191 cm³/mol. The Kier molecular flexibility index (Phi) is 17.5. The summed E-state index contributed by atoms with van der Waals surface area (Å²) in [6.07, 6.45) is -3.81. The summed E-state index contributed by atoms with van der Waals surface area (Å²) in [5, 5.41) is 44.6. The number of nitrogens with zero attached hydrogens (tertiary/aromatic N) is 1. The Hall–Kier alpha value is -2.31. The van der Waals surface area contributed by atoms with Gasteiger partial charge in [0.1, 0.15) is 42.9 Å². The van der Waals surface area contributed by atoms with Gasteiger partial charge in [-0.05, 0) is 66.1 Å². The fourth-order valence-corrected chi connectivity index (χ4v) is 7.42. The normalized spacial score (nSPS) is 43.4. The standard InChI is InChI=1S/C38H63NO14/c1-10-28(42)51-27-15-13-11-12-14-22(3)48-29(43)19-26(41)35(47-9)34(25(16-17-40)18-21(27)2)53-37-32(44)31(39(7)8)33(23(4)50-37)52-30-20-38(6,46)36(45)24(5)49-30/h11-13,15,17,21-27,30-37,41,44-46H,10,14,16,18-20H2,1-9H3/b12-11+,15-13+/t21-,22-,23-,24+,25+,26-,27+,30+,31-,32-,33-,34+,35+,36+,37+,38-/m1/s1. The average molecular weight is 758 g/mol. The molecule has 2 fully saturated rings. The zero-order valence-electron chi connectivity index (χ0n) is 32.6. The number of allylic oxidation sites excluding steroid dienone is 2. The van der Waals surface area contributed by atoms with E-state index >= 15 is 0 Å². The van der Waals surface area contributed by atoms with Gasteiger partial charge in [-0.1, -0.05) is 32.1 Å². The molecule has 3 aliphatic heterocycles. The minimum Gasteiger partial charge on any atom is -0.462 e. The minimum absolute atomic E-state index is 0.0276. The van der Waals surface area contributed by atoms with Crippen LogP contribution in [0.4, 0.5) is 0 Å². The number of hydrogen-bond acceptors (Lipinski definition) is 15. The van der Waals surface area contributed by atoms with Crippen molar-refractivity contribution >= 4 is 18.2 Å². The molecule has 0 aliphatic carbocycles. The van der Waals surface area contributed by atoms with Crippen molar-refractivity contribution in [2.75, 3.05) is 21.2 Å². The number of aliphatic hydroxyl groups is 4. The van der Waals surface area contributed by atoms with Crippen LogP contribution in [0.3, 0.4) is 0 Å². The highest BCUT2D eigenvalue weighted by molar-refractivity contribution is 5.70. The molecule has 53 heavy (non-hydrogen) atoms. The number of aldehydes is 1. The van der Waals surface area contributed by atoms with Crippen LogP contribution >= 0.6 is 0 Å². The second kappa shape index (κ2) is 20.6. The molecule has 15 heteroatoms. The zero-order valence-corrected chi connectivity index (χ0v) is 32.6. The van der Waals surface area contributed by atoms with E-state index in [4.69, 9.17) is 33.2 Å². The maximum atomic E-state index is 12.9. The van der Waals surface area contributed by atoms with Crippen molar-refractivity contribution in [1.29, 1.82) is 0 Å². The third-order valence-electron chi connectivity index (χ3n) is 10.4. The first kappa shape index (κ1) is 45.1. The van der Waals surface area contributed by atoms with Gasteiger partial charge in [0, 0.05) is 32.8 Å². The van der Waals surface area contributed by atoms with Crippen LogP contribution in [0.5, 0.6) is 0 Å². The molecule has 0 unspecified atom stereocenters. The lowest BCUT2D eigenvalue weighted by molar-refractivity contribution is -0.344. The predicted octanol–water partition coefficient (Wildman–Crippen LogP) is 1.81. The molecule has 0 aromatic rings. The Balaban J connectivity index is 2.00. The van der Waals surface area contributed by atoms with E-state index in [1.807, 2.05) is 13.0 Å². The lowest BCUT2D eigenvalue weighted by Gasteiger charge is -2.50. The number of cyclic esters (lactones) is 1. The van der Waals surface area contributed by atoms with E-state index in [0.29, 0.717) is 6.42 Å². The van der Waals surface area contributed by atoms with E-state index in [1.54, 1.807) is 64.9 Å². The van der Waals surface area contributed by atoms with Crippen molar-refractivity contribution in [2.45, 2.75) is 165 Å².